The molecule has 76 valence electrons. The van der Waals surface area contributed by atoms with E-state index in [1.807, 2.05) is 26.8 Å². The molecule has 2 heteroatoms. The molecule has 0 amide bonds. The minimum absolute atomic E-state index is 0.0350. The number of hydrogen-bond donors (Lipinski definition) is 0. The van der Waals surface area contributed by atoms with Crippen molar-refractivity contribution in [1.82, 2.24) is 0 Å². The van der Waals surface area contributed by atoms with Crippen molar-refractivity contribution in [2.45, 2.75) is 27.2 Å². The molecule has 0 aromatic carbocycles. The second-order valence-electron chi connectivity index (χ2n) is 3.62. The van der Waals surface area contributed by atoms with Gasteiger partial charge in [0.1, 0.15) is 5.76 Å². The van der Waals surface area contributed by atoms with Gasteiger partial charge in [0.05, 0.1) is 0 Å². The molecule has 1 heterocycles. The average molecular weight is 192 g/mol. The number of allylic oxidation sites excluding steroid dienone is 1. The molecule has 0 fully saturated rings. The molecular weight excluding hydrogens is 176 g/mol. The first kappa shape index (κ1) is 10.8. The minimum atomic E-state index is 0.0350. The van der Waals surface area contributed by atoms with Crippen LogP contribution in [0.25, 0.3) is 5.57 Å². The zero-order valence-corrected chi connectivity index (χ0v) is 8.96. The van der Waals surface area contributed by atoms with Gasteiger partial charge < -0.3 is 4.42 Å². The first-order valence-electron chi connectivity index (χ1n) is 4.88. The van der Waals surface area contributed by atoms with E-state index in [2.05, 4.69) is 6.58 Å². The molecule has 0 N–H and O–H groups in total. The summed E-state index contributed by atoms with van der Waals surface area (Å²) >= 11 is 0. The quantitative estimate of drug-likeness (QED) is 0.683. The Kier molecular flexibility index (Phi) is 3.28. The van der Waals surface area contributed by atoms with Crippen LogP contribution in [0.1, 0.15) is 43.5 Å². The van der Waals surface area contributed by atoms with Crippen LogP contribution in [0.5, 0.6) is 0 Å². The largest absolute Gasteiger partial charge is 0.453 e. The highest BCUT2D eigenvalue weighted by molar-refractivity contribution is 5.93. The van der Waals surface area contributed by atoms with Crippen molar-refractivity contribution in [1.29, 1.82) is 0 Å². The van der Waals surface area contributed by atoms with Gasteiger partial charge in [0, 0.05) is 6.42 Å². The first-order valence-corrected chi connectivity index (χ1v) is 4.88. The van der Waals surface area contributed by atoms with Crippen LogP contribution in [0.2, 0.25) is 0 Å². The topological polar surface area (TPSA) is 30.2 Å². The van der Waals surface area contributed by atoms with Gasteiger partial charge in [0.25, 0.3) is 0 Å². The number of rotatable bonds is 4. The maximum absolute atomic E-state index is 11.3. The van der Waals surface area contributed by atoms with Gasteiger partial charge in [-0.25, -0.2) is 0 Å². The maximum atomic E-state index is 11.3. The summed E-state index contributed by atoms with van der Waals surface area (Å²) in [6, 6.07) is 3.53. The lowest BCUT2D eigenvalue weighted by atomic mass is 10.0. The van der Waals surface area contributed by atoms with Gasteiger partial charge in [0.2, 0.25) is 0 Å². The van der Waals surface area contributed by atoms with E-state index in [0.717, 1.165) is 11.3 Å². The van der Waals surface area contributed by atoms with Gasteiger partial charge in [-0.2, -0.15) is 0 Å². The fourth-order valence-corrected chi connectivity index (χ4v) is 1.12. The Bertz CT molecular complexity index is 345. The molecule has 1 aromatic heterocycles. The molecule has 0 saturated carbocycles. The van der Waals surface area contributed by atoms with E-state index >= 15 is 0 Å². The Labute approximate surface area is 84.6 Å². The standard InChI is InChI=1S/C12H16O2/c1-5-10(13)12-7-6-11(14-12)9(4)8(2)3/h6-8H,4-5H2,1-3H3. The summed E-state index contributed by atoms with van der Waals surface area (Å²) in [5.41, 5.74) is 0.931. The zero-order valence-electron chi connectivity index (χ0n) is 8.96. The molecule has 1 rings (SSSR count). The van der Waals surface area contributed by atoms with E-state index in [9.17, 15) is 4.79 Å². The summed E-state index contributed by atoms with van der Waals surface area (Å²) in [5.74, 6) is 1.53. The number of Topliss-reactive ketones (excluding diaryl/α,β-unsaturated/α-hetero) is 1. The Morgan fingerprint density at radius 1 is 1.43 bits per heavy atom. The second-order valence-corrected chi connectivity index (χ2v) is 3.62. The SMILES string of the molecule is C=C(c1ccc(C(=O)CC)o1)C(C)C. The first-order chi connectivity index (χ1) is 6.56. The van der Waals surface area contributed by atoms with Crippen LogP contribution >= 0.6 is 0 Å². The van der Waals surface area contributed by atoms with E-state index in [0.29, 0.717) is 18.1 Å². The van der Waals surface area contributed by atoms with Crippen molar-refractivity contribution in [2.24, 2.45) is 5.92 Å². The van der Waals surface area contributed by atoms with Crippen molar-refractivity contribution in [3.8, 4) is 0 Å². The lowest BCUT2D eigenvalue weighted by molar-refractivity contribution is 0.0961. The molecular formula is C12H16O2. The fraction of sp³-hybridized carbons (Fsp3) is 0.417. The fourth-order valence-electron chi connectivity index (χ4n) is 1.12. The lowest BCUT2D eigenvalue weighted by Gasteiger charge is -2.04. The van der Waals surface area contributed by atoms with Crippen LogP contribution in [0.4, 0.5) is 0 Å². The molecule has 0 saturated heterocycles. The number of ketones is 1. The lowest BCUT2D eigenvalue weighted by Crippen LogP contribution is -1.93. The van der Waals surface area contributed by atoms with Gasteiger partial charge in [-0.05, 0) is 23.6 Å². The highest BCUT2D eigenvalue weighted by atomic mass is 16.3. The zero-order chi connectivity index (χ0) is 10.7. The molecule has 0 aliphatic carbocycles. The van der Waals surface area contributed by atoms with Crippen molar-refractivity contribution >= 4 is 11.4 Å². The van der Waals surface area contributed by atoms with E-state index in [4.69, 9.17) is 4.42 Å². The molecule has 0 unspecified atom stereocenters. The molecule has 0 atom stereocenters. The van der Waals surface area contributed by atoms with E-state index in [1.165, 1.54) is 0 Å². The highest BCUT2D eigenvalue weighted by Gasteiger charge is 2.12. The summed E-state index contributed by atoms with van der Waals surface area (Å²) in [4.78, 5) is 11.3. The average Bonchev–Trinajstić information content (AvgIpc) is 2.64. The van der Waals surface area contributed by atoms with Crippen LogP contribution in [0.15, 0.2) is 23.1 Å². The third-order valence-electron chi connectivity index (χ3n) is 2.22. The van der Waals surface area contributed by atoms with E-state index in [1.54, 1.807) is 6.07 Å². The number of carbonyl (C=O) groups is 1. The van der Waals surface area contributed by atoms with Gasteiger partial charge in [-0.15, -0.1) is 0 Å². The molecule has 0 spiro atoms. The van der Waals surface area contributed by atoms with Gasteiger partial charge in [-0.3, -0.25) is 4.79 Å². The van der Waals surface area contributed by atoms with E-state index < -0.39 is 0 Å². The number of furan rings is 1. The Hall–Kier alpha value is -1.31. The van der Waals surface area contributed by atoms with Gasteiger partial charge in [0.15, 0.2) is 11.5 Å². The molecule has 0 bridgehead atoms. The highest BCUT2D eigenvalue weighted by Crippen LogP contribution is 2.23. The summed E-state index contributed by atoms with van der Waals surface area (Å²) < 4.78 is 5.41. The van der Waals surface area contributed by atoms with Gasteiger partial charge >= 0.3 is 0 Å². The predicted molar refractivity (Wildman–Crippen MR) is 57.2 cm³/mol. The Morgan fingerprint density at radius 3 is 2.50 bits per heavy atom. The molecule has 2 nitrogen and oxygen atoms in total. The summed E-state index contributed by atoms with van der Waals surface area (Å²) in [6.07, 6.45) is 0.473. The molecule has 0 radical (unpaired) electrons. The summed E-state index contributed by atoms with van der Waals surface area (Å²) in [7, 11) is 0. The molecule has 14 heavy (non-hydrogen) atoms. The van der Waals surface area contributed by atoms with Crippen LogP contribution in [-0.4, -0.2) is 5.78 Å². The summed E-state index contributed by atoms with van der Waals surface area (Å²) in [5, 5.41) is 0. The van der Waals surface area contributed by atoms with Crippen molar-refractivity contribution in [3.05, 3.63) is 30.2 Å². The molecule has 0 aliphatic heterocycles. The van der Waals surface area contributed by atoms with Crippen molar-refractivity contribution < 1.29 is 9.21 Å². The van der Waals surface area contributed by atoms with Gasteiger partial charge in [-0.1, -0.05) is 27.4 Å². The maximum Gasteiger partial charge on any atom is 0.197 e. The van der Waals surface area contributed by atoms with Crippen LogP contribution in [-0.2, 0) is 0 Å². The predicted octanol–water partition coefficient (Wildman–Crippen LogP) is 3.54. The normalized spacial score (nSPS) is 10.6. The third-order valence-corrected chi connectivity index (χ3v) is 2.22. The number of carbonyl (C=O) groups excluding carboxylic acids is 1. The van der Waals surface area contributed by atoms with Crippen LogP contribution in [0, 0.1) is 5.92 Å². The van der Waals surface area contributed by atoms with E-state index in [-0.39, 0.29) is 5.78 Å². The summed E-state index contributed by atoms with van der Waals surface area (Å²) in [6.45, 7) is 9.83. The Morgan fingerprint density at radius 2 is 2.00 bits per heavy atom. The Balaban J connectivity index is 2.88. The second kappa shape index (κ2) is 4.27. The van der Waals surface area contributed by atoms with Crippen molar-refractivity contribution in [3.63, 3.8) is 0 Å². The minimum Gasteiger partial charge on any atom is -0.453 e. The van der Waals surface area contributed by atoms with Crippen molar-refractivity contribution in [2.75, 3.05) is 0 Å². The molecule has 0 aliphatic rings. The van der Waals surface area contributed by atoms with Crippen LogP contribution < -0.4 is 0 Å². The smallest absolute Gasteiger partial charge is 0.197 e. The molecule has 1 aromatic rings. The third kappa shape index (κ3) is 2.13. The monoisotopic (exact) mass is 192 g/mol. The number of hydrogen-bond acceptors (Lipinski definition) is 2. The van der Waals surface area contributed by atoms with Crippen LogP contribution in [0.3, 0.4) is 0 Å².